The lowest BCUT2D eigenvalue weighted by atomic mass is 10.1. The first kappa shape index (κ1) is 22.4. The van der Waals surface area contributed by atoms with Crippen LogP contribution in [-0.4, -0.2) is 34.1 Å². The molecule has 1 aromatic rings. The van der Waals surface area contributed by atoms with Gasteiger partial charge in [-0.1, -0.05) is 39.7 Å². The number of aliphatic carboxylic acids is 1. The second-order valence-electron chi connectivity index (χ2n) is 6.33. The van der Waals surface area contributed by atoms with Crippen LogP contribution in [0.25, 0.3) is 0 Å². The van der Waals surface area contributed by atoms with Crippen molar-refractivity contribution in [2.45, 2.75) is 49.2 Å². The first-order valence-corrected chi connectivity index (χ1v) is 8.79. The van der Waals surface area contributed by atoms with Gasteiger partial charge in [0.15, 0.2) is 4.29 Å². The van der Waals surface area contributed by atoms with Crippen LogP contribution in [0.2, 0.25) is 0 Å². The van der Waals surface area contributed by atoms with E-state index in [0.717, 1.165) is 0 Å². The third-order valence-corrected chi connectivity index (χ3v) is 3.63. The van der Waals surface area contributed by atoms with Crippen molar-refractivity contribution in [3.63, 3.8) is 0 Å². The average Bonchev–Trinajstić information content (AvgIpc) is 2.46. The molecular weight excluding hydrogens is 440 g/mol. The van der Waals surface area contributed by atoms with Gasteiger partial charge >= 0.3 is 12.2 Å². The zero-order valence-electron chi connectivity index (χ0n) is 14.2. The van der Waals surface area contributed by atoms with E-state index in [2.05, 4.69) is 26.0 Å². The van der Waals surface area contributed by atoms with Gasteiger partial charge < -0.3 is 24.7 Å². The average molecular weight is 458 g/mol. The van der Waals surface area contributed by atoms with Crippen molar-refractivity contribution in [3.8, 4) is 5.75 Å². The van der Waals surface area contributed by atoms with E-state index in [9.17, 15) is 23.5 Å². The molecule has 2 atom stereocenters. The molecule has 1 aromatic carbocycles. The summed E-state index contributed by atoms with van der Waals surface area (Å²) in [7, 11) is 0. The fourth-order valence-corrected chi connectivity index (χ4v) is 1.91. The Balaban J connectivity index is 2.75. The highest BCUT2D eigenvalue weighted by Gasteiger charge is 2.39. The molecule has 0 aliphatic heterocycles. The maximum atomic E-state index is 13.4. The van der Waals surface area contributed by atoms with Gasteiger partial charge in [-0.05, 0) is 44.9 Å². The molecule has 1 N–H and O–H groups in total. The van der Waals surface area contributed by atoms with Gasteiger partial charge in [0.05, 0.1) is 12.0 Å². The van der Waals surface area contributed by atoms with E-state index in [1.54, 1.807) is 20.8 Å². The molecule has 1 rings (SSSR count). The fraction of sp³-hybridized carbons (Fsp3) is 0.500. The highest BCUT2D eigenvalue weighted by atomic mass is 79.9. The van der Waals surface area contributed by atoms with Gasteiger partial charge in [0, 0.05) is 0 Å². The number of alkyl carbamates (subject to hydrolysis) is 1. The van der Waals surface area contributed by atoms with Gasteiger partial charge in [0.25, 0.3) is 0 Å². The Morgan fingerprint density at radius 3 is 2.23 bits per heavy atom. The van der Waals surface area contributed by atoms with Crippen molar-refractivity contribution in [1.29, 1.82) is 0 Å². The normalized spacial score (nSPS) is 14.3. The van der Waals surface area contributed by atoms with Gasteiger partial charge in [0.1, 0.15) is 11.4 Å². The Kier molecular flexibility index (Phi) is 7.64. The number of hydrogen-bond acceptors (Lipinski definition) is 5. The minimum absolute atomic E-state index is 0.130. The van der Waals surface area contributed by atoms with Crippen LogP contribution in [0.15, 0.2) is 24.3 Å². The van der Waals surface area contributed by atoms with E-state index in [4.69, 9.17) is 16.3 Å². The van der Waals surface area contributed by atoms with E-state index in [1.807, 2.05) is 0 Å². The molecule has 0 unspecified atom stereocenters. The lowest BCUT2D eigenvalue weighted by Gasteiger charge is -2.24. The van der Waals surface area contributed by atoms with E-state index in [1.165, 1.54) is 24.3 Å². The lowest BCUT2D eigenvalue weighted by molar-refractivity contribution is -0.308. The first-order chi connectivity index (χ1) is 11.8. The third kappa shape index (κ3) is 7.74. The number of carboxylic acid groups (broad SMARTS) is 1. The van der Waals surface area contributed by atoms with Crippen LogP contribution in [-0.2, 0) is 16.0 Å². The number of carboxylic acids is 1. The Morgan fingerprint density at radius 1 is 1.27 bits per heavy atom. The summed E-state index contributed by atoms with van der Waals surface area (Å²) < 4.78 is 34.5. The van der Waals surface area contributed by atoms with E-state index in [-0.39, 0.29) is 12.2 Å². The number of hydrogen-bond donors (Lipinski definition) is 1. The van der Waals surface area contributed by atoms with Gasteiger partial charge in [0.2, 0.25) is 0 Å². The summed E-state index contributed by atoms with van der Waals surface area (Å²) in [6.45, 7) is 4.90. The Morgan fingerprint density at radius 2 is 1.81 bits per heavy atom. The number of rotatable bonds is 7. The van der Waals surface area contributed by atoms with Crippen molar-refractivity contribution in [1.82, 2.24) is 5.32 Å². The van der Waals surface area contributed by atoms with Crippen molar-refractivity contribution < 1.29 is 33.0 Å². The maximum absolute atomic E-state index is 13.4. The van der Waals surface area contributed by atoms with E-state index < -0.39 is 34.1 Å². The summed E-state index contributed by atoms with van der Waals surface area (Å²) in [5.41, 5.74) is -0.340. The summed E-state index contributed by atoms with van der Waals surface area (Å²) in [5, 5.41) is 13.4. The number of halogens is 4. The van der Waals surface area contributed by atoms with Crippen LogP contribution < -0.4 is 15.2 Å². The summed E-state index contributed by atoms with van der Waals surface area (Å²) in [5.74, 6) is -1.67. The molecule has 0 fully saturated rings. The van der Waals surface area contributed by atoms with Crippen molar-refractivity contribution in [2.75, 3.05) is 0 Å². The van der Waals surface area contributed by atoms with Crippen molar-refractivity contribution >= 4 is 39.6 Å². The van der Waals surface area contributed by atoms with Crippen LogP contribution in [0.1, 0.15) is 26.3 Å². The van der Waals surface area contributed by atoms with Crippen LogP contribution in [0.3, 0.4) is 0 Å². The predicted molar refractivity (Wildman–Crippen MR) is 92.5 cm³/mol. The van der Waals surface area contributed by atoms with Gasteiger partial charge in [-0.2, -0.15) is 8.78 Å². The lowest BCUT2D eigenvalue weighted by Crippen LogP contribution is -2.50. The zero-order valence-corrected chi connectivity index (χ0v) is 16.6. The second kappa shape index (κ2) is 8.85. The molecule has 0 aliphatic rings. The van der Waals surface area contributed by atoms with Gasteiger partial charge in [-0.15, -0.1) is 0 Å². The highest BCUT2D eigenvalue weighted by molar-refractivity contribution is 9.10. The molecule has 0 heterocycles. The van der Waals surface area contributed by atoms with Crippen LogP contribution >= 0.6 is 27.5 Å². The topological polar surface area (TPSA) is 87.7 Å². The number of alkyl halides is 4. The molecule has 0 saturated carbocycles. The molecule has 0 radical (unpaired) electrons. The van der Waals surface area contributed by atoms with Crippen molar-refractivity contribution in [2.24, 2.45) is 0 Å². The molecule has 1 amide bonds. The van der Waals surface area contributed by atoms with Crippen LogP contribution in [0.4, 0.5) is 13.6 Å². The van der Waals surface area contributed by atoms with E-state index >= 15 is 0 Å². The standard InChI is InChI=1S/C16H19BrClF2NO5/c1-15(2,3)26-14(24)21-11(12(22)23)8-9-4-6-10(7-5-9)25-16(19,20)13(17)18/h4-7,11,13H,8H2,1-3H3,(H,21,24)(H,22,23)/p-1/t11-,13+/m1/s1. The van der Waals surface area contributed by atoms with Crippen molar-refractivity contribution in [3.05, 3.63) is 29.8 Å². The molecule has 0 bridgehead atoms. The first-order valence-electron chi connectivity index (χ1n) is 7.44. The molecule has 26 heavy (non-hydrogen) atoms. The molecule has 10 heteroatoms. The van der Waals surface area contributed by atoms with Gasteiger partial charge in [-0.25, -0.2) is 4.79 Å². The molecule has 146 valence electrons. The minimum Gasteiger partial charge on any atom is -0.548 e. The van der Waals surface area contributed by atoms with Crippen LogP contribution in [0, 0.1) is 0 Å². The predicted octanol–water partition coefficient (Wildman–Crippen LogP) is 2.80. The number of nitrogens with one attached hydrogen (secondary N) is 1. The Bertz CT molecular complexity index is 635. The number of benzene rings is 1. The third-order valence-electron chi connectivity index (χ3n) is 2.85. The maximum Gasteiger partial charge on any atom is 0.424 e. The molecule has 6 nitrogen and oxygen atoms in total. The Labute approximate surface area is 162 Å². The monoisotopic (exact) mass is 456 g/mol. The molecular formula is C16H18BrClF2NO5-. The Hall–Kier alpha value is -1.61. The second-order valence-corrected chi connectivity index (χ2v) is 8.21. The summed E-state index contributed by atoms with van der Waals surface area (Å²) in [6, 6.07) is 3.88. The summed E-state index contributed by atoms with van der Waals surface area (Å²) >= 11 is 7.79. The number of carbonyl (C=O) groups is 2. The largest absolute Gasteiger partial charge is 0.548 e. The highest BCUT2D eigenvalue weighted by Crippen LogP contribution is 2.31. The quantitative estimate of drug-likeness (QED) is 0.636. The summed E-state index contributed by atoms with van der Waals surface area (Å²) in [4.78, 5) is 22.9. The van der Waals surface area contributed by atoms with E-state index in [0.29, 0.717) is 5.56 Å². The SMILES string of the molecule is CC(C)(C)OC(=O)N[C@H](Cc1ccc(OC(F)(F)[C@H](Cl)Br)cc1)C(=O)[O-]. The fourth-order valence-electron chi connectivity index (χ4n) is 1.77. The van der Waals surface area contributed by atoms with Crippen LogP contribution in [0.5, 0.6) is 5.75 Å². The zero-order chi connectivity index (χ0) is 20.1. The molecule has 0 aromatic heterocycles. The molecule has 0 spiro atoms. The number of carbonyl (C=O) groups excluding carboxylic acids is 2. The minimum atomic E-state index is -3.63. The summed E-state index contributed by atoms with van der Waals surface area (Å²) in [6.07, 6.45) is -4.67. The molecule has 0 aliphatic carbocycles. The smallest absolute Gasteiger partial charge is 0.424 e. The number of amides is 1. The van der Waals surface area contributed by atoms with Gasteiger partial charge in [-0.3, -0.25) is 0 Å². The number of ether oxygens (including phenoxy) is 2. The molecule has 0 saturated heterocycles.